The number of urea groups is 1. The molecule has 3 N–H and O–H groups in total. The van der Waals surface area contributed by atoms with Crippen molar-refractivity contribution >= 4 is 40.7 Å². The largest absolute Gasteiger partial charge is 0.444 e. The lowest BCUT2D eigenvalue weighted by Crippen LogP contribution is -2.52. The third kappa shape index (κ3) is 10.6. The van der Waals surface area contributed by atoms with E-state index in [0.29, 0.717) is 31.7 Å². The van der Waals surface area contributed by atoms with Gasteiger partial charge in [0.25, 0.3) is 0 Å². The normalized spacial score (nSPS) is 13.4. The number of hydrogen-bond acceptors (Lipinski definition) is 8. The average Bonchev–Trinajstić information content (AvgIpc) is 3.59. The van der Waals surface area contributed by atoms with Crippen molar-refractivity contribution in [3.05, 3.63) is 32.7 Å². The molecule has 0 saturated carbocycles. The van der Waals surface area contributed by atoms with Gasteiger partial charge in [-0.1, -0.05) is 34.6 Å². The van der Waals surface area contributed by atoms with Crippen molar-refractivity contribution in [1.82, 2.24) is 30.8 Å². The van der Waals surface area contributed by atoms with Crippen molar-refractivity contribution in [2.75, 3.05) is 7.05 Å². The molecule has 2 heterocycles. The van der Waals surface area contributed by atoms with Gasteiger partial charge in [-0.25, -0.2) is 14.6 Å². The molecule has 0 aromatic carbocycles. The first-order valence-corrected chi connectivity index (χ1v) is 14.9. The van der Waals surface area contributed by atoms with Crippen LogP contribution in [-0.2, 0) is 22.7 Å². The van der Waals surface area contributed by atoms with Crippen LogP contribution >= 0.6 is 22.7 Å². The predicted molar refractivity (Wildman–Crippen MR) is 151 cm³/mol. The van der Waals surface area contributed by atoms with Crippen LogP contribution in [0.25, 0.3) is 0 Å². The van der Waals surface area contributed by atoms with E-state index in [0.717, 1.165) is 27.6 Å². The zero-order valence-corrected chi connectivity index (χ0v) is 24.9. The van der Waals surface area contributed by atoms with Crippen LogP contribution in [0.4, 0.5) is 9.59 Å². The molecule has 0 aliphatic rings. The van der Waals surface area contributed by atoms with Crippen LogP contribution in [0.2, 0.25) is 0 Å². The Kier molecular flexibility index (Phi) is 13.5. The number of amides is 4. The Morgan fingerprint density at radius 3 is 2.21 bits per heavy atom. The highest BCUT2D eigenvalue weighted by molar-refractivity contribution is 7.11. The van der Waals surface area contributed by atoms with Crippen LogP contribution < -0.4 is 16.0 Å². The molecule has 0 aliphatic heterocycles. The van der Waals surface area contributed by atoms with Gasteiger partial charge in [0.15, 0.2) is 0 Å². The summed E-state index contributed by atoms with van der Waals surface area (Å²) in [4.78, 5) is 49.7. The summed E-state index contributed by atoms with van der Waals surface area (Å²) in [7, 11) is 1.71. The van der Waals surface area contributed by atoms with E-state index in [4.69, 9.17) is 4.74 Å². The molecule has 2 rings (SSSR count). The van der Waals surface area contributed by atoms with Crippen LogP contribution in [0.1, 0.15) is 87.4 Å². The fourth-order valence-corrected chi connectivity index (χ4v) is 5.18. The van der Waals surface area contributed by atoms with Gasteiger partial charge in [0.05, 0.1) is 21.9 Å². The number of nitrogens with one attached hydrogen (secondary N) is 3. The molecule has 212 valence electrons. The minimum Gasteiger partial charge on any atom is -0.444 e. The molecule has 0 bridgehead atoms. The Hall–Kier alpha value is -2.73. The number of thiazole rings is 2. The van der Waals surface area contributed by atoms with Gasteiger partial charge in [-0.05, 0) is 32.1 Å². The van der Waals surface area contributed by atoms with Crippen molar-refractivity contribution in [3.63, 3.8) is 0 Å². The summed E-state index contributed by atoms with van der Waals surface area (Å²) in [6, 6.07) is -1.06. The molecule has 38 heavy (non-hydrogen) atoms. The third-order valence-electron chi connectivity index (χ3n) is 6.17. The first kappa shape index (κ1) is 31.5. The lowest BCUT2D eigenvalue weighted by atomic mass is 10.0. The first-order chi connectivity index (χ1) is 18.2. The van der Waals surface area contributed by atoms with Crippen molar-refractivity contribution < 1.29 is 19.1 Å². The zero-order chi connectivity index (χ0) is 28.1. The second-order valence-corrected chi connectivity index (χ2v) is 11.7. The molecule has 0 aliphatic carbocycles. The molecule has 0 radical (unpaired) electrons. The Bertz CT molecular complexity index is 998. The van der Waals surface area contributed by atoms with Gasteiger partial charge in [0.1, 0.15) is 12.6 Å². The Morgan fingerprint density at radius 2 is 1.66 bits per heavy atom. The van der Waals surface area contributed by atoms with Crippen LogP contribution in [0.3, 0.4) is 0 Å². The number of hydrogen-bond donors (Lipinski definition) is 3. The van der Waals surface area contributed by atoms with Crippen molar-refractivity contribution in [3.8, 4) is 0 Å². The summed E-state index contributed by atoms with van der Waals surface area (Å²) in [6.07, 6.45) is 6.39. The number of carbonyl (C=O) groups is 3. The average molecular weight is 567 g/mol. The highest BCUT2D eigenvalue weighted by Gasteiger charge is 2.24. The SMILES string of the molecule is CCC(CCC(CC)NC(=O)C(CC)NC(=O)N(C)Cc1cnc(C(C)C)s1)NC(=O)OCc1cncs1. The Labute approximate surface area is 234 Å². The minimum atomic E-state index is -0.631. The lowest BCUT2D eigenvalue weighted by Gasteiger charge is -2.25. The number of aromatic nitrogens is 2. The first-order valence-electron chi connectivity index (χ1n) is 13.2. The van der Waals surface area contributed by atoms with Crippen LogP contribution in [-0.4, -0.2) is 58.1 Å². The van der Waals surface area contributed by atoms with E-state index >= 15 is 0 Å². The van der Waals surface area contributed by atoms with E-state index in [1.165, 1.54) is 11.3 Å². The van der Waals surface area contributed by atoms with Crippen molar-refractivity contribution in [1.29, 1.82) is 0 Å². The number of alkyl carbamates (subject to hydrolysis) is 1. The number of nitrogens with zero attached hydrogens (tertiary/aromatic N) is 3. The fraction of sp³-hybridized carbons (Fsp3) is 0.654. The smallest absolute Gasteiger partial charge is 0.407 e. The second kappa shape index (κ2) is 16.3. The van der Waals surface area contributed by atoms with E-state index in [-0.39, 0.29) is 30.6 Å². The maximum absolute atomic E-state index is 13.0. The summed E-state index contributed by atoms with van der Waals surface area (Å²) in [5, 5.41) is 9.88. The molecule has 2 aromatic heterocycles. The summed E-state index contributed by atoms with van der Waals surface area (Å²) in [5.41, 5.74) is 1.70. The standard InChI is InChI=1S/C26H42N6O4S2/c1-7-18(10-11-19(8-2)30-26(35)36-15-21-12-27-16-37-21)29-23(33)22(9-3)31-25(34)32(6)14-20-13-28-24(38-20)17(4)5/h12-13,16-19,22H,7-11,14-15H2,1-6H3,(H,29,33)(H,30,35)(H,31,34). The highest BCUT2D eigenvalue weighted by Crippen LogP contribution is 2.22. The van der Waals surface area contributed by atoms with Crippen molar-refractivity contribution in [2.45, 2.75) is 104 Å². The molecular formula is C26H42N6O4S2. The topological polar surface area (TPSA) is 126 Å². The molecule has 0 fully saturated rings. The van der Waals surface area contributed by atoms with Gasteiger partial charge >= 0.3 is 12.1 Å². The molecule has 4 amide bonds. The van der Waals surface area contributed by atoms with E-state index in [1.807, 2.05) is 20.8 Å². The Morgan fingerprint density at radius 1 is 0.974 bits per heavy atom. The molecule has 10 nitrogen and oxygen atoms in total. The number of rotatable bonds is 15. The van der Waals surface area contributed by atoms with E-state index < -0.39 is 12.1 Å². The summed E-state index contributed by atoms with van der Waals surface area (Å²) in [5.74, 6) is 0.143. The maximum Gasteiger partial charge on any atom is 0.407 e. The lowest BCUT2D eigenvalue weighted by molar-refractivity contribution is -0.123. The van der Waals surface area contributed by atoms with Gasteiger partial charge < -0.3 is 25.6 Å². The minimum absolute atomic E-state index is 0.0619. The van der Waals surface area contributed by atoms with Crippen LogP contribution in [0.15, 0.2) is 17.9 Å². The highest BCUT2D eigenvalue weighted by atomic mass is 32.1. The summed E-state index contributed by atoms with van der Waals surface area (Å²) >= 11 is 3.03. The predicted octanol–water partition coefficient (Wildman–Crippen LogP) is 5.02. The number of carbonyl (C=O) groups excluding carboxylic acids is 3. The molecular weight excluding hydrogens is 524 g/mol. The molecule has 0 spiro atoms. The fourth-order valence-electron chi connectivity index (χ4n) is 3.70. The molecule has 3 unspecified atom stereocenters. The molecule has 12 heteroatoms. The van der Waals surface area contributed by atoms with Gasteiger partial charge in [-0.15, -0.1) is 22.7 Å². The Balaban J connectivity index is 1.80. The monoisotopic (exact) mass is 566 g/mol. The van der Waals surface area contributed by atoms with E-state index in [9.17, 15) is 14.4 Å². The zero-order valence-electron chi connectivity index (χ0n) is 23.3. The van der Waals surface area contributed by atoms with Crippen LogP contribution in [0.5, 0.6) is 0 Å². The van der Waals surface area contributed by atoms with E-state index in [2.05, 4.69) is 39.8 Å². The quantitative estimate of drug-likeness (QED) is 0.278. The van der Waals surface area contributed by atoms with Gasteiger partial charge in [0, 0.05) is 42.3 Å². The van der Waals surface area contributed by atoms with E-state index in [1.54, 1.807) is 41.2 Å². The molecule has 0 saturated heterocycles. The third-order valence-corrected chi connectivity index (χ3v) is 8.21. The summed E-state index contributed by atoms with van der Waals surface area (Å²) in [6.45, 7) is 10.7. The molecule has 2 aromatic rings. The number of ether oxygens (including phenoxy) is 1. The van der Waals surface area contributed by atoms with Gasteiger partial charge in [-0.2, -0.15) is 0 Å². The molecule has 3 atom stereocenters. The van der Waals surface area contributed by atoms with Crippen LogP contribution in [0, 0.1) is 0 Å². The second-order valence-electron chi connectivity index (χ2n) is 9.57. The van der Waals surface area contributed by atoms with Crippen molar-refractivity contribution in [2.24, 2.45) is 0 Å². The van der Waals surface area contributed by atoms with Gasteiger partial charge in [-0.3, -0.25) is 9.78 Å². The van der Waals surface area contributed by atoms with Gasteiger partial charge in [0.2, 0.25) is 5.91 Å². The summed E-state index contributed by atoms with van der Waals surface area (Å²) < 4.78 is 5.27. The maximum atomic E-state index is 13.0.